The van der Waals surface area contributed by atoms with Gasteiger partial charge >= 0.3 is 0 Å². The molecule has 0 amide bonds. The monoisotopic (exact) mass is 295 g/mol. The van der Waals surface area contributed by atoms with E-state index in [1.807, 2.05) is 32.0 Å². The molecule has 6 heteroatoms. The van der Waals surface area contributed by atoms with Crippen molar-refractivity contribution in [3.63, 3.8) is 0 Å². The van der Waals surface area contributed by atoms with Gasteiger partial charge in [0.15, 0.2) is 6.61 Å². The lowest BCUT2D eigenvalue weighted by Crippen LogP contribution is -2.17. The summed E-state index contributed by atoms with van der Waals surface area (Å²) in [5.74, 6) is 1.64. The van der Waals surface area contributed by atoms with Crippen LogP contribution in [0.25, 0.3) is 0 Å². The molecule has 1 heterocycles. The molecule has 5 nitrogen and oxygen atoms in total. The van der Waals surface area contributed by atoms with Gasteiger partial charge in [-0.15, -0.1) is 10.2 Å². The van der Waals surface area contributed by atoms with E-state index in [1.165, 1.54) is 0 Å². The molecule has 0 saturated heterocycles. The summed E-state index contributed by atoms with van der Waals surface area (Å²) in [6.45, 7) is 4.12. The highest BCUT2D eigenvalue weighted by Crippen LogP contribution is 2.26. The molecular weight excluding hydrogens is 278 g/mol. The Bertz CT molecular complexity index is 569. The molecule has 20 heavy (non-hydrogen) atoms. The summed E-state index contributed by atoms with van der Waals surface area (Å²) in [6, 6.07) is 5.75. The average molecular weight is 296 g/mol. The summed E-state index contributed by atoms with van der Waals surface area (Å²) >= 11 is 6.18. The summed E-state index contributed by atoms with van der Waals surface area (Å²) in [6.07, 6.45) is 1.49. The topological polar surface area (TPSA) is 74.2 Å². The van der Waals surface area contributed by atoms with Crippen LogP contribution in [0.4, 0.5) is 0 Å². The van der Waals surface area contributed by atoms with E-state index in [0.29, 0.717) is 29.0 Å². The summed E-state index contributed by atoms with van der Waals surface area (Å²) < 4.78 is 10.9. The van der Waals surface area contributed by atoms with Crippen LogP contribution in [0.5, 0.6) is 5.75 Å². The predicted octanol–water partition coefficient (Wildman–Crippen LogP) is 2.75. The molecular formula is C14H18ClN3O2. The van der Waals surface area contributed by atoms with Crippen LogP contribution in [0.1, 0.15) is 31.2 Å². The van der Waals surface area contributed by atoms with Gasteiger partial charge < -0.3 is 14.9 Å². The second-order valence-electron chi connectivity index (χ2n) is 4.68. The summed E-state index contributed by atoms with van der Waals surface area (Å²) in [5.41, 5.74) is 6.85. The Hall–Kier alpha value is -1.59. The summed E-state index contributed by atoms with van der Waals surface area (Å²) in [5, 5.41) is 8.31. The average Bonchev–Trinajstić information content (AvgIpc) is 2.85. The normalized spacial score (nSPS) is 12.4. The Morgan fingerprint density at radius 3 is 2.70 bits per heavy atom. The highest BCUT2D eigenvalue weighted by Gasteiger charge is 2.08. The molecule has 0 aliphatic rings. The lowest BCUT2D eigenvalue weighted by molar-refractivity contribution is 0.259. The van der Waals surface area contributed by atoms with E-state index in [1.54, 1.807) is 0 Å². The van der Waals surface area contributed by atoms with Gasteiger partial charge in [-0.1, -0.05) is 24.6 Å². The van der Waals surface area contributed by atoms with Gasteiger partial charge in [0.2, 0.25) is 5.89 Å². The van der Waals surface area contributed by atoms with E-state index in [4.69, 9.17) is 26.5 Å². The van der Waals surface area contributed by atoms with E-state index in [-0.39, 0.29) is 12.6 Å². The zero-order valence-corrected chi connectivity index (χ0v) is 12.4. The first-order valence-corrected chi connectivity index (χ1v) is 6.94. The van der Waals surface area contributed by atoms with Crippen molar-refractivity contribution in [3.8, 4) is 5.75 Å². The van der Waals surface area contributed by atoms with Gasteiger partial charge in [0.1, 0.15) is 5.75 Å². The van der Waals surface area contributed by atoms with Crippen LogP contribution in [-0.4, -0.2) is 16.2 Å². The SMILES string of the molecule is CCc1nnc(COc2ccc(CC(C)N)cc2Cl)o1. The molecule has 0 bridgehead atoms. The number of nitrogens with zero attached hydrogens (tertiary/aromatic N) is 2. The van der Waals surface area contributed by atoms with Gasteiger partial charge in [0.05, 0.1) is 5.02 Å². The van der Waals surface area contributed by atoms with Crippen molar-refractivity contribution in [2.45, 2.75) is 39.3 Å². The van der Waals surface area contributed by atoms with Gasteiger partial charge in [-0.2, -0.15) is 0 Å². The molecule has 1 unspecified atom stereocenters. The van der Waals surface area contributed by atoms with Crippen molar-refractivity contribution in [1.29, 1.82) is 0 Å². The quantitative estimate of drug-likeness (QED) is 0.887. The lowest BCUT2D eigenvalue weighted by Gasteiger charge is -2.09. The number of nitrogens with two attached hydrogens (primary N) is 1. The number of halogens is 1. The number of aromatic nitrogens is 2. The van der Waals surface area contributed by atoms with Gasteiger partial charge in [-0.25, -0.2) is 0 Å². The van der Waals surface area contributed by atoms with Crippen molar-refractivity contribution in [2.75, 3.05) is 0 Å². The van der Waals surface area contributed by atoms with E-state index >= 15 is 0 Å². The maximum atomic E-state index is 6.18. The molecule has 0 spiro atoms. The molecule has 2 rings (SSSR count). The molecule has 108 valence electrons. The molecule has 0 radical (unpaired) electrons. The van der Waals surface area contributed by atoms with Crippen LogP contribution in [0.2, 0.25) is 5.02 Å². The van der Waals surface area contributed by atoms with E-state index < -0.39 is 0 Å². The number of ether oxygens (including phenoxy) is 1. The third-order valence-corrected chi connectivity index (χ3v) is 3.01. The Kier molecular flexibility index (Phi) is 4.98. The second kappa shape index (κ2) is 6.72. The van der Waals surface area contributed by atoms with E-state index in [0.717, 1.165) is 12.0 Å². The van der Waals surface area contributed by atoms with Crippen LogP contribution < -0.4 is 10.5 Å². The molecule has 1 aromatic heterocycles. The molecule has 1 aromatic carbocycles. The molecule has 0 aliphatic heterocycles. The van der Waals surface area contributed by atoms with Crippen LogP contribution in [-0.2, 0) is 19.4 Å². The maximum Gasteiger partial charge on any atom is 0.253 e. The first kappa shape index (κ1) is 14.8. The Balaban J connectivity index is 1.99. The highest BCUT2D eigenvalue weighted by atomic mass is 35.5. The molecule has 1 atom stereocenters. The van der Waals surface area contributed by atoms with Crippen molar-refractivity contribution in [1.82, 2.24) is 10.2 Å². The smallest absolute Gasteiger partial charge is 0.253 e. The Morgan fingerprint density at radius 1 is 1.35 bits per heavy atom. The molecule has 0 fully saturated rings. The zero-order valence-electron chi connectivity index (χ0n) is 11.6. The van der Waals surface area contributed by atoms with Crippen molar-refractivity contribution in [2.24, 2.45) is 5.73 Å². The Morgan fingerprint density at radius 2 is 2.10 bits per heavy atom. The van der Waals surface area contributed by atoms with Crippen LogP contribution >= 0.6 is 11.6 Å². The second-order valence-corrected chi connectivity index (χ2v) is 5.09. The largest absolute Gasteiger partial charge is 0.482 e. The fraction of sp³-hybridized carbons (Fsp3) is 0.429. The van der Waals surface area contributed by atoms with Crippen molar-refractivity contribution < 1.29 is 9.15 Å². The van der Waals surface area contributed by atoms with E-state index in [9.17, 15) is 0 Å². The molecule has 0 saturated carbocycles. The number of hydrogen-bond acceptors (Lipinski definition) is 5. The summed E-state index contributed by atoms with van der Waals surface area (Å²) in [4.78, 5) is 0. The standard InChI is InChI=1S/C14H18ClN3O2/c1-3-13-17-18-14(20-13)8-19-12-5-4-10(6-9(2)16)7-11(12)15/h4-5,7,9H,3,6,8,16H2,1-2H3. The number of rotatable bonds is 6. The van der Waals surface area contributed by atoms with Crippen molar-refractivity contribution >= 4 is 11.6 Å². The van der Waals surface area contributed by atoms with Crippen LogP contribution in [0, 0.1) is 0 Å². The maximum absolute atomic E-state index is 6.18. The minimum absolute atomic E-state index is 0.101. The molecule has 2 aromatic rings. The first-order chi connectivity index (χ1) is 9.58. The van der Waals surface area contributed by atoms with Gasteiger partial charge in [-0.05, 0) is 31.0 Å². The zero-order chi connectivity index (χ0) is 14.5. The van der Waals surface area contributed by atoms with Crippen molar-refractivity contribution in [3.05, 3.63) is 40.6 Å². The van der Waals surface area contributed by atoms with Gasteiger partial charge in [0.25, 0.3) is 5.89 Å². The predicted molar refractivity (Wildman–Crippen MR) is 76.8 cm³/mol. The number of aryl methyl sites for hydroxylation is 1. The molecule has 0 aliphatic carbocycles. The minimum atomic E-state index is 0.101. The summed E-state index contributed by atoms with van der Waals surface area (Å²) in [7, 11) is 0. The van der Waals surface area contributed by atoms with E-state index in [2.05, 4.69) is 10.2 Å². The van der Waals surface area contributed by atoms with Crippen LogP contribution in [0.15, 0.2) is 22.6 Å². The molecule has 2 N–H and O–H groups in total. The van der Waals surface area contributed by atoms with Gasteiger partial charge in [0, 0.05) is 12.5 Å². The minimum Gasteiger partial charge on any atom is -0.482 e. The fourth-order valence-electron chi connectivity index (χ4n) is 1.79. The number of hydrogen-bond donors (Lipinski definition) is 1. The third kappa shape index (κ3) is 3.95. The fourth-order valence-corrected chi connectivity index (χ4v) is 2.05. The van der Waals surface area contributed by atoms with Gasteiger partial charge in [-0.3, -0.25) is 0 Å². The highest BCUT2D eigenvalue weighted by molar-refractivity contribution is 6.32. The lowest BCUT2D eigenvalue weighted by atomic mass is 10.1. The van der Waals surface area contributed by atoms with Crippen LogP contribution in [0.3, 0.4) is 0 Å². The number of benzene rings is 1. The Labute approximate surface area is 123 Å². The first-order valence-electron chi connectivity index (χ1n) is 6.56. The third-order valence-electron chi connectivity index (χ3n) is 2.72.